The highest BCUT2D eigenvalue weighted by Gasteiger charge is 2.17. The molecule has 5 nitrogen and oxygen atoms in total. The van der Waals surface area contributed by atoms with Crippen molar-refractivity contribution in [2.24, 2.45) is 0 Å². The molecule has 0 aromatic carbocycles. The molecule has 0 atom stereocenters. The lowest BCUT2D eigenvalue weighted by Gasteiger charge is -2.10. The lowest BCUT2D eigenvalue weighted by Crippen LogP contribution is -2.14. The SMILES string of the molecule is CCOC(=O)c1cccn1Cc1c(Br)c(CC)nn1CC. The van der Waals surface area contributed by atoms with E-state index in [1.165, 1.54) is 0 Å². The Morgan fingerprint density at radius 1 is 1.38 bits per heavy atom. The van der Waals surface area contributed by atoms with Crippen molar-refractivity contribution in [1.29, 1.82) is 0 Å². The van der Waals surface area contributed by atoms with Crippen molar-refractivity contribution in [1.82, 2.24) is 14.3 Å². The Morgan fingerprint density at radius 3 is 2.76 bits per heavy atom. The van der Waals surface area contributed by atoms with Crippen LogP contribution in [0.15, 0.2) is 22.8 Å². The van der Waals surface area contributed by atoms with Crippen molar-refractivity contribution >= 4 is 21.9 Å². The first-order valence-corrected chi connectivity index (χ1v) is 7.97. The van der Waals surface area contributed by atoms with E-state index in [0.717, 1.165) is 28.8 Å². The summed E-state index contributed by atoms with van der Waals surface area (Å²) >= 11 is 3.63. The zero-order chi connectivity index (χ0) is 15.4. The number of esters is 1. The normalized spacial score (nSPS) is 10.9. The van der Waals surface area contributed by atoms with Gasteiger partial charge in [-0.1, -0.05) is 6.92 Å². The van der Waals surface area contributed by atoms with Gasteiger partial charge >= 0.3 is 5.97 Å². The minimum atomic E-state index is -0.295. The Kier molecular flexibility index (Phi) is 5.22. The molecule has 0 saturated carbocycles. The standard InChI is InChI=1S/C15H20BrN3O2/c1-4-11-14(16)13(19(5-2)17-11)10-18-9-7-8-12(18)15(20)21-6-3/h7-9H,4-6,10H2,1-3H3. The second-order valence-corrected chi connectivity index (χ2v) is 5.41. The van der Waals surface area contributed by atoms with Gasteiger partial charge in [-0.3, -0.25) is 4.68 Å². The summed E-state index contributed by atoms with van der Waals surface area (Å²) in [6.07, 6.45) is 2.76. The number of hydrogen-bond acceptors (Lipinski definition) is 3. The van der Waals surface area contributed by atoms with Gasteiger partial charge in [0.1, 0.15) is 5.69 Å². The van der Waals surface area contributed by atoms with Gasteiger partial charge in [0, 0.05) is 12.7 Å². The fourth-order valence-corrected chi connectivity index (χ4v) is 2.96. The molecule has 21 heavy (non-hydrogen) atoms. The summed E-state index contributed by atoms with van der Waals surface area (Å²) in [7, 11) is 0. The van der Waals surface area contributed by atoms with E-state index < -0.39 is 0 Å². The van der Waals surface area contributed by atoms with E-state index >= 15 is 0 Å². The third kappa shape index (κ3) is 3.20. The molecule has 0 unspecified atom stereocenters. The lowest BCUT2D eigenvalue weighted by molar-refractivity contribution is 0.0514. The van der Waals surface area contributed by atoms with Crippen LogP contribution in [0.4, 0.5) is 0 Å². The van der Waals surface area contributed by atoms with Crippen molar-refractivity contribution in [3.63, 3.8) is 0 Å². The van der Waals surface area contributed by atoms with Gasteiger partial charge in [0.15, 0.2) is 0 Å². The molecule has 0 aliphatic carbocycles. The van der Waals surface area contributed by atoms with Gasteiger partial charge in [-0.25, -0.2) is 4.79 Å². The zero-order valence-electron chi connectivity index (χ0n) is 12.6. The Labute approximate surface area is 133 Å². The Balaban J connectivity index is 2.33. The first kappa shape index (κ1) is 15.8. The van der Waals surface area contributed by atoms with E-state index in [1.807, 2.05) is 21.5 Å². The maximum Gasteiger partial charge on any atom is 0.354 e. The lowest BCUT2D eigenvalue weighted by atomic mass is 10.3. The molecule has 0 amide bonds. The van der Waals surface area contributed by atoms with Crippen LogP contribution >= 0.6 is 15.9 Å². The van der Waals surface area contributed by atoms with Gasteiger partial charge in [-0.15, -0.1) is 0 Å². The number of aromatic nitrogens is 3. The summed E-state index contributed by atoms with van der Waals surface area (Å²) in [6, 6.07) is 3.63. The predicted molar refractivity (Wildman–Crippen MR) is 84.5 cm³/mol. The van der Waals surface area contributed by atoms with Crippen LogP contribution in [-0.2, 0) is 24.2 Å². The van der Waals surface area contributed by atoms with E-state index in [9.17, 15) is 4.79 Å². The Bertz CT molecular complexity index is 631. The molecule has 2 heterocycles. The van der Waals surface area contributed by atoms with E-state index in [4.69, 9.17) is 4.74 Å². The summed E-state index contributed by atoms with van der Waals surface area (Å²) in [5.74, 6) is -0.295. The molecule has 0 aliphatic heterocycles. The average Bonchev–Trinajstić information content (AvgIpc) is 3.05. The minimum absolute atomic E-state index is 0.295. The van der Waals surface area contributed by atoms with Crippen molar-refractivity contribution in [3.05, 3.63) is 39.9 Å². The number of carbonyl (C=O) groups excluding carboxylic acids is 1. The highest BCUT2D eigenvalue weighted by atomic mass is 79.9. The molecule has 2 aromatic rings. The smallest absolute Gasteiger partial charge is 0.354 e. The molecule has 0 radical (unpaired) electrons. The predicted octanol–water partition coefficient (Wildman–Crippen LogP) is 3.25. The molecule has 0 N–H and O–H groups in total. The summed E-state index contributed by atoms with van der Waals surface area (Å²) < 4.78 is 9.97. The van der Waals surface area contributed by atoms with Crippen LogP contribution in [0.2, 0.25) is 0 Å². The van der Waals surface area contributed by atoms with Crippen molar-refractivity contribution < 1.29 is 9.53 Å². The van der Waals surface area contributed by atoms with Gasteiger partial charge in [0.25, 0.3) is 0 Å². The zero-order valence-corrected chi connectivity index (χ0v) is 14.2. The molecule has 0 spiro atoms. The number of hydrogen-bond donors (Lipinski definition) is 0. The van der Waals surface area contributed by atoms with Gasteiger partial charge in [-0.05, 0) is 48.3 Å². The second-order valence-electron chi connectivity index (χ2n) is 4.62. The first-order chi connectivity index (χ1) is 10.1. The summed E-state index contributed by atoms with van der Waals surface area (Å²) in [6.45, 7) is 7.70. The summed E-state index contributed by atoms with van der Waals surface area (Å²) in [4.78, 5) is 11.9. The van der Waals surface area contributed by atoms with E-state index in [-0.39, 0.29) is 5.97 Å². The molecular formula is C15H20BrN3O2. The number of carbonyl (C=O) groups is 1. The molecule has 0 fully saturated rings. The fourth-order valence-electron chi connectivity index (χ4n) is 2.27. The topological polar surface area (TPSA) is 49.1 Å². The molecule has 114 valence electrons. The van der Waals surface area contributed by atoms with Crippen molar-refractivity contribution in [2.45, 2.75) is 40.3 Å². The fraction of sp³-hybridized carbons (Fsp3) is 0.467. The number of aryl methyl sites for hydroxylation is 2. The molecule has 2 rings (SSSR count). The molecule has 0 bridgehead atoms. The molecule has 0 saturated heterocycles. The van der Waals surface area contributed by atoms with E-state index in [0.29, 0.717) is 18.8 Å². The van der Waals surface area contributed by atoms with Gasteiger partial charge in [0.05, 0.1) is 29.0 Å². The van der Waals surface area contributed by atoms with Crippen LogP contribution in [0.25, 0.3) is 0 Å². The van der Waals surface area contributed by atoms with Crippen LogP contribution in [0.1, 0.15) is 42.6 Å². The molecule has 0 aliphatic rings. The highest BCUT2D eigenvalue weighted by molar-refractivity contribution is 9.10. The maximum atomic E-state index is 11.9. The van der Waals surface area contributed by atoms with Crippen LogP contribution in [0.5, 0.6) is 0 Å². The molecular weight excluding hydrogens is 334 g/mol. The van der Waals surface area contributed by atoms with Crippen molar-refractivity contribution in [3.8, 4) is 0 Å². The third-order valence-corrected chi connectivity index (χ3v) is 4.24. The van der Waals surface area contributed by atoms with Crippen LogP contribution in [-0.4, -0.2) is 26.9 Å². The average molecular weight is 354 g/mol. The van der Waals surface area contributed by atoms with Gasteiger partial charge in [0.2, 0.25) is 0 Å². The van der Waals surface area contributed by atoms with E-state index in [2.05, 4.69) is 34.9 Å². The molecule has 2 aromatic heterocycles. The molecule has 6 heteroatoms. The largest absolute Gasteiger partial charge is 0.461 e. The van der Waals surface area contributed by atoms with Crippen molar-refractivity contribution in [2.75, 3.05) is 6.61 Å². The Hall–Kier alpha value is -1.56. The van der Waals surface area contributed by atoms with Gasteiger partial charge in [-0.2, -0.15) is 5.10 Å². The number of rotatable bonds is 6. The number of nitrogens with zero attached hydrogens (tertiary/aromatic N) is 3. The number of halogens is 1. The maximum absolute atomic E-state index is 11.9. The summed E-state index contributed by atoms with van der Waals surface area (Å²) in [5.41, 5.74) is 2.67. The number of ether oxygens (including phenoxy) is 1. The van der Waals surface area contributed by atoms with Crippen LogP contribution in [0.3, 0.4) is 0 Å². The van der Waals surface area contributed by atoms with E-state index in [1.54, 1.807) is 13.0 Å². The monoisotopic (exact) mass is 353 g/mol. The minimum Gasteiger partial charge on any atom is -0.461 e. The highest BCUT2D eigenvalue weighted by Crippen LogP contribution is 2.24. The first-order valence-electron chi connectivity index (χ1n) is 7.18. The van der Waals surface area contributed by atoms with Crippen LogP contribution in [0, 0.1) is 0 Å². The van der Waals surface area contributed by atoms with Crippen LogP contribution < -0.4 is 0 Å². The summed E-state index contributed by atoms with van der Waals surface area (Å²) in [5, 5.41) is 4.58. The van der Waals surface area contributed by atoms with Gasteiger partial charge < -0.3 is 9.30 Å². The Morgan fingerprint density at radius 2 is 2.14 bits per heavy atom. The third-order valence-electron chi connectivity index (χ3n) is 3.33. The second kappa shape index (κ2) is 6.93. The quantitative estimate of drug-likeness (QED) is 0.749.